The number of aliphatic carboxylic acids is 1. The second kappa shape index (κ2) is 6.74. The van der Waals surface area contributed by atoms with Crippen LogP contribution in [-0.2, 0) is 16.0 Å². The van der Waals surface area contributed by atoms with Gasteiger partial charge in [0, 0.05) is 13.0 Å². The van der Waals surface area contributed by atoms with Gasteiger partial charge in [0.25, 0.3) is 0 Å². The van der Waals surface area contributed by atoms with Gasteiger partial charge in [-0.3, -0.25) is 4.79 Å². The van der Waals surface area contributed by atoms with Crippen molar-refractivity contribution < 1.29 is 14.7 Å². The summed E-state index contributed by atoms with van der Waals surface area (Å²) in [5, 5.41) is 9.15. The topological polar surface area (TPSA) is 57.6 Å². The molecule has 0 bridgehead atoms. The third kappa shape index (κ3) is 3.63. The number of nitrogens with zero attached hydrogens (tertiary/aromatic N) is 1. The van der Waals surface area contributed by atoms with Gasteiger partial charge in [-0.15, -0.1) is 0 Å². The summed E-state index contributed by atoms with van der Waals surface area (Å²) >= 11 is 0. The Morgan fingerprint density at radius 1 is 1.33 bits per heavy atom. The van der Waals surface area contributed by atoms with Gasteiger partial charge < -0.3 is 10.0 Å². The van der Waals surface area contributed by atoms with E-state index in [2.05, 4.69) is 31.2 Å². The van der Waals surface area contributed by atoms with E-state index in [1.165, 1.54) is 10.5 Å². The van der Waals surface area contributed by atoms with Crippen LogP contribution in [0.25, 0.3) is 0 Å². The quantitative estimate of drug-likeness (QED) is 0.906. The Labute approximate surface area is 125 Å². The van der Waals surface area contributed by atoms with Crippen molar-refractivity contribution in [2.75, 3.05) is 6.54 Å². The number of benzene rings is 1. The van der Waals surface area contributed by atoms with E-state index in [0.29, 0.717) is 19.4 Å². The van der Waals surface area contributed by atoms with Gasteiger partial charge in [0.05, 0.1) is 0 Å². The van der Waals surface area contributed by atoms with Crippen LogP contribution < -0.4 is 0 Å². The first-order valence-corrected chi connectivity index (χ1v) is 7.64. The second-order valence-electron chi connectivity index (χ2n) is 5.78. The fourth-order valence-electron chi connectivity index (χ4n) is 2.90. The smallest absolute Gasteiger partial charge is 0.326 e. The zero-order chi connectivity index (χ0) is 15.4. The number of amides is 1. The SMILES string of the molecule is CCc1ccc(C(C)CC(=O)N2CCC[C@H]2C(=O)O)cc1. The van der Waals surface area contributed by atoms with Crippen LogP contribution in [0.1, 0.15) is 50.2 Å². The van der Waals surface area contributed by atoms with Crippen LogP contribution >= 0.6 is 0 Å². The Hall–Kier alpha value is -1.84. The Kier molecular flexibility index (Phi) is 4.99. The van der Waals surface area contributed by atoms with Crippen LogP contribution in [0.15, 0.2) is 24.3 Å². The fraction of sp³-hybridized carbons (Fsp3) is 0.529. The van der Waals surface area contributed by atoms with E-state index >= 15 is 0 Å². The molecule has 2 atom stereocenters. The van der Waals surface area contributed by atoms with E-state index in [4.69, 9.17) is 5.11 Å². The standard InChI is InChI=1S/C17H23NO3/c1-3-13-6-8-14(9-7-13)12(2)11-16(19)18-10-4-5-15(18)17(20)21/h6-9,12,15H,3-5,10-11H2,1-2H3,(H,20,21)/t12?,15-/m0/s1. The minimum Gasteiger partial charge on any atom is -0.480 e. The molecule has 1 heterocycles. The first kappa shape index (κ1) is 15.5. The van der Waals surface area contributed by atoms with Gasteiger partial charge in [-0.2, -0.15) is 0 Å². The highest BCUT2D eigenvalue weighted by Crippen LogP contribution is 2.24. The summed E-state index contributed by atoms with van der Waals surface area (Å²) in [5.41, 5.74) is 2.41. The Morgan fingerprint density at radius 2 is 2.00 bits per heavy atom. The molecule has 1 aromatic rings. The lowest BCUT2D eigenvalue weighted by molar-refractivity contribution is -0.148. The van der Waals surface area contributed by atoms with Crippen molar-refractivity contribution in [3.63, 3.8) is 0 Å². The molecule has 1 amide bonds. The van der Waals surface area contributed by atoms with Gasteiger partial charge in [0.2, 0.25) is 5.91 Å². The van der Waals surface area contributed by atoms with Gasteiger partial charge in [-0.05, 0) is 36.3 Å². The maximum Gasteiger partial charge on any atom is 0.326 e. The minimum atomic E-state index is -0.888. The number of likely N-dealkylation sites (tertiary alicyclic amines) is 1. The van der Waals surface area contributed by atoms with Gasteiger partial charge in [0.1, 0.15) is 6.04 Å². The number of carbonyl (C=O) groups excluding carboxylic acids is 1. The summed E-state index contributed by atoms with van der Waals surface area (Å²) in [6, 6.07) is 7.68. The number of carbonyl (C=O) groups is 2. The molecule has 1 unspecified atom stereocenters. The maximum absolute atomic E-state index is 12.3. The molecule has 1 fully saturated rings. The van der Waals surface area contributed by atoms with Gasteiger partial charge in [0.15, 0.2) is 0 Å². The summed E-state index contributed by atoms with van der Waals surface area (Å²) in [6.45, 7) is 4.70. The average Bonchev–Trinajstić information content (AvgIpc) is 2.97. The highest BCUT2D eigenvalue weighted by molar-refractivity contribution is 5.84. The van der Waals surface area contributed by atoms with Gasteiger partial charge in [-0.1, -0.05) is 38.1 Å². The number of carboxylic acid groups (broad SMARTS) is 1. The Morgan fingerprint density at radius 3 is 2.57 bits per heavy atom. The van der Waals surface area contributed by atoms with Crippen LogP contribution in [0.2, 0.25) is 0 Å². The number of hydrogen-bond acceptors (Lipinski definition) is 2. The number of carboxylic acids is 1. The second-order valence-corrected chi connectivity index (χ2v) is 5.78. The van der Waals surface area contributed by atoms with E-state index in [1.54, 1.807) is 0 Å². The van der Waals surface area contributed by atoms with Crippen molar-refractivity contribution in [2.45, 2.75) is 51.5 Å². The van der Waals surface area contributed by atoms with Crippen LogP contribution in [0, 0.1) is 0 Å². The van der Waals surface area contributed by atoms with E-state index in [0.717, 1.165) is 18.4 Å². The highest BCUT2D eigenvalue weighted by Gasteiger charge is 2.34. The summed E-state index contributed by atoms with van der Waals surface area (Å²) in [5.74, 6) is -0.828. The van der Waals surface area contributed by atoms with Gasteiger partial charge in [-0.25, -0.2) is 4.79 Å². The monoisotopic (exact) mass is 289 g/mol. The molecule has 0 radical (unpaired) electrons. The molecule has 4 heteroatoms. The molecule has 0 spiro atoms. The molecule has 1 aliphatic heterocycles. The third-order valence-corrected chi connectivity index (χ3v) is 4.30. The molecular formula is C17H23NO3. The number of rotatable bonds is 5. The normalized spacial score (nSPS) is 19.5. The van der Waals surface area contributed by atoms with Crippen LogP contribution in [0.3, 0.4) is 0 Å². The zero-order valence-electron chi connectivity index (χ0n) is 12.7. The molecular weight excluding hydrogens is 266 g/mol. The molecule has 1 aliphatic rings. The molecule has 114 valence electrons. The highest BCUT2D eigenvalue weighted by atomic mass is 16.4. The predicted molar refractivity (Wildman–Crippen MR) is 81.2 cm³/mol. The number of hydrogen-bond donors (Lipinski definition) is 1. The van der Waals surface area contributed by atoms with Crippen molar-refractivity contribution in [1.82, 2.24) is 4.90 Å². The lowest BCUT2D eigenvalue weighted by Gasteiger charge is -2.23. The fourth-order valence-corrected chi connectivity index (χ4v) is 2.90. The first-order valence-electron chi connectivity index (χ1n) is 7.64. The van der Waals surface area contributed by atoms with Crippen molar-refractivity contribution in [2.24, 2.45) is 0 Å². The molecule has 4 nitrogen and oxygen atoms in total. The summed E-state index contributed by atoms with van der Waals surface area (Å²) in [6.07, 6.45) is 2.72. The molecule has 0 aliphatic carbocycles. The molecule has 0 saturated carbocycles. The maximum atomic E-state index is 12.3. The van der Waals surface area contributed by atoms with Crippen molar-refractivity contribution in [3.8, 4) is 0 Å². The minimum absolute atomic E-state index is 0.0491. The largest absolute Gasteiger partial charge is 0.480 e. The zero-order valence-corrected chi connectivity index (χ0v) is 12.7. The summed E-state index contributed by atoms with van der Waals surface area (Å²) in [7, 11) is 0. The Balaban J connectivity index is 1.99. The van der Waals surface area contributed by atoms with Crippen molar-refractivity contribution >= 4 is 11.9 Å². The van der Waals surface area contributed by atoms with Crippen molar-refractivity contribution in [3.05, 3.63) is 35.4 Å². The lowest BCUT2D eigenvalue weighted by atomic mass is 9.95. The lowest BCUT2D eigenvalue weighted by Crippen LogP contribution is -2.40. The third-order valence-electron chi connectivity index (χ3n) is 4.30. The Bertz CT molecular complexity index is 509. The average molecular weight is 289 g/mol. The van der Waals surface area contributed by atoms with Crippen LogP contribution in [-0.4, -0.2) is 34.5 Å². The first-order chi connectivity index (χ1) is 10.0. The molecule has 1 N–H and O–H groups in total. The van der Waals surface area contributed by atoms with E-state index < -0.39 is 12.0 Å². The van der Waals surface area contributed by atoms with E-state index in [9.17, 15) is 9.59 Å². The summed E-state index contributed by atoms with van der Waals surface area (Å²) < 4.78 is 0. The predicted octanol–water partition coefficient (Wildman–Crippen LogP) is 2.82. The molecule has 0 aromatic heterocycles. The van der Waals surface area contributed by atoms with E-state index in [1.807, 2.05) is 6.92 Å². The molecule has 1 saturated heterocycles. The van der Waals surface area contributed by atoms with Crippen LogP contribution in [0.4, 0.5) is 0 Å². The van der Waals surface area contributed by atoms with E-state index in [-0.39, 0.29) is 11.8 Å². The summed E-state index contributed by atoms with van der Waals surface area (Å²) in [4.78, 5) is 25.0. The molecule has 2 rings (SSSR count). The van der Waals surface area contributed by atoms with Gasteiger partial charge >= 0.3 is 5.97 Å². The molecule has 21 heavy (non-hydrogen) atoms. The molecule has 1 aromatic carbocycles. The van der Waals surface area contributed by atoms with Crippen molar-refractivity contribution in [1.29, 1.82) is 0 Å². The number of aryl methyl sites for hydroxylation is 1. The van der Waals surface area contributed by atoms with Crippen LogP contribution in [0.5, 0.6) is 0 Å².